The number of halogens is 4. The topological polar surface area (TPSA) is 26.3 Å². The Morgan fingerprint density at radius 3 is 2.52 bits per heavy atom. The number of fused-ring (bicyclic) bond motifs is 1. The summed E-state index contributed by atoms with van der Waals surface area (Å²) in [5.41, 5.74) is 0.101. The number of ketones is 1. The molecule has 0 aliphatic carbocycles. The molecular weight excluding hydrogens is 305 g/mol. The summed E-state index contributed by atoms with van der Waals surface area (Å²) in [6.45, 7) is 0. The maximum atomic E-state index is 13.8. The maximum Gasteiger partial charge on any atom is 0.170 e. The van der Waals surface area contributed by atoms with Crippen molar-refractivity contribution >= 4 is 17.4 Å². The van der Waals surface area contributed by atoms with E-state index >= 15 is 0 Å². The van der Waals surface area contributed by atoms with Gasteiger partial charge in [0.05, 0.1) is 12.0 Å². The number of benzene rings is 2. The van der Waals surface area contributed by atoms with Crippen molar-refractivity contribution in [2.45, 2.75) is 12.5 Å². The van der Waals surface area contributed by atoms with Crippen molar-refractivity contribution in [1.82, 2.24) is 0 Å². The molecule has 6 heteroatoms. The van der Waals surface area contributed by atoms with Crippen molar-refractivity contribution in [1.29, 1.82) is 0 Å². The highest BCUT2D eigenvalue weighted by molar-refractivity contribution is 6.31. The molecular formula is C15H8ClF3O2. The van der Waals surface area contributed by atoms with E-state index in [-0.39, 0.29) is 23.5 Å². The second-order valence-electron chi connectivity index (χ2n) is 4.66. The Morgan fingerprint density at radius 2 is 1.76 bits per heavy atom. The summed E-state index contributed by atoms with van der Waals surface area (Å²) in [5.74, 6) is -3.49. The van der Waals surface area contributed by atoms with Gasteiger partial charge in [-0.2, -0.15) is 0 Å². The largest absolute Gasteiger partial charge is 0.484 e. The van der Waals surface area contributed by atoms with Gasteiger partial charge in [-0.3, -0.25) is 4.79 Å². The maximum absolute atomic E-state index is 13.8. The molecule has 1 aliphatic rings. The van der Waals surface area contributed by atoms with Gasteiger partial charge in [0.1, 0.15) is 17.7 Å². The monoisotopic (exact) mass is 312 g/mol. The molecule has 0 fully saturated rings. The number of hydrogen-bond donors (Lipinski definition) is 0. The van der Waals surface area contributed by atoms with Crippen LogP contribution in [0.1, 0.15) is 28.4 Å². The van der Waals surface area contributed by atoms with Crippen LogP contribution in [0.25, 0.3) is 0 Å². The fraction of sp³-hybridized carbons (Fsp3) is 0.133. The quantitative estimate of drug-likeness (QED) is 0.727. The van der Waals surface area contributed by atoms with Crippen LogP contribution in [0, 0.1) is 17.5 Å². The predicted molar refractivity (Wildman–Crippen MR) is 70.1 cm³/mol. The third kappa shape index (κ3) is 2.49. The lowest BCUT2D eigenvalue weighted by Crippen LogP contribution is -2.21. The molecule has 2 aromatic rings. The molecule has 0 saturated carbocycles. The molecule has 1 unspecified atom stereocenters. The molecule has 21 heavy (non-hydrogen) atoms. The van der Waals surface area contributed by atoms with Gasteiger partial charge in [-0.15, -0.1) is 0 Å². The molecule has 0 saturated heterocycles. The van der Waals surface area contributed by atoms with Crippen LogP contribution in [0.15, 0.2) is 30.3 Å². The molecule has 1 heterocycles. The van der Waals surface area contributed by atoms with Crippen molar-refractivity contribution in [2.75, 3.05) is 0 Å². The van der Waals surface area contributed by atoms with E-state index in [9.17, 15) is 18.0 Å². The van der Waals surface area contributed by atoms with Gasteiger partial charge >= 0.3 is 0 Å². The average Bonchev–Trinajstić information content (AvgIpc) is 2.43. The zero-order valence-electron chi connectivity index (χ0n) is 10.5. The first-order valence-corrected chi connectivity index (χ1v) is 6.47. The van der Waals surface area contributed by atoms with E-state index in [1.807, 2.05) is 0 Å². The van der Waals surface area contributed by atoms with Gasteiger partial charge in [-0.25, -0.2) is 13.2 Å². The van der Waals surface area contributed by atoms with Crippen LogP contribution in [-0.2, 0) is 0 Å². The van der Waals surface area contributed by atoms with Gasteiger partial charge in [0.2, 0.25) is 0 Å². The van der Waals surface area contributed by atoms with Gasteiger partial charge < -0.3 is 4.74 Å². The van der Waals surface area contributed by atoms with Gasteiger partial charge in [0.25, 0.3) is 0 Å². The zero-order valence-corrected chi connectivity index (χ0v) is 11.3. The highest BCUT2D eigenvalue weighted by Gasteiger charge is 2.30. The SMILES string of the molecule is O=C1CC(c2cc(F)c(F)cc2F)Oc2ccc(Cl)cc21. The van der Waals surface area contributed by atoms with Crippen molar-refractivity contribution < 1.29 is 22.7 Å². The molecule has 0 radical (unpaired) electrons. The zero-order chi connectivity index (χ0) is 15.1. The van der Waals surface area contributed by atoms with Crippen molar-refractivity contribution in [3.8, 4) is 5.75 Å². The van der Waals surface area contributed by atoms with Gasteiger partial charge in [-0.1, -0.05) is 11.6 Å². The first-order chi connectivity index (χ1) is 9.95. The molecule has 0 N–H and O–H groups in total. The summed E-state index contributed by atoms with van der Waals surface area (Å²) in [7, 11) is 0. The van der Waals surface area contributed by atoms with Crippen molar-refractivity contribution in [3.63, 3.8) is 0 Å². The highest BCUT2D eigenvalue weighted by atomic mass is 35.5. The summed E-state index contributed by atoms with van der Waals surface area (Å²) in [4.78, 5) is 12.1. The molecule has 0 bridgehead atoms. The molecule has 1 atom stereocenters. The number of carbonyl (C=O) groups excluding carboxylic acids is 1. The van der Waals surface area contributed by atoms with E-state index in [4.69, 9.17) is 16.3 Å². The third-order valence-electron chi connectivity index (χ3n) is 3.27. The van der Waals surface area contributed by atoms with E-state index < -0.39 is 23.6 Å². The van der Waals surface area contributed by atoms with Gasteiger partial charge in [0.15, 0.2) is 17.4 Å². The normalized spacial score (nSPS) is 17.3. The van der Waals surface area contributed by atoms with E-state index in [2.05, 4.69) is 0 Å². The fourth-order valence-electron chi connectivity index (χ4n) is 2.25. The fourth-order valence-corrected chi connectivity index (χ4v) is 2.43. The Balaban J connectivity index is 2.02. The minimum atomic E-state index is -1.29. The summed E-state index contributed by atoms with van der Waals surface area (Å²) in [6, 6.07) is 5.62. The minimum absolute atomic E-state index is 0.171. The van der Waals surface area contributed by atoms with Crippen LogP contribution in [0.2, 0.25) is 5.02 Å². The molecule has 0 aromatic heterocycles. The van der Waals surface area contributed by atoms with E-state index in [0.717, 1.165) is 0 Å². The lowest BCUT2D eigenvalue weighted by Gasteiger charge is -2.26. The molecule has 2 nitrogen and oxygen atoms in total. The van der Waals surface area contributed by atoms with Crippen molar-refractivity contribution in [3.05, 3.63) is 63.9 Å². The lowest BCUT2D eigenvalue weighted by molar-refractivity contribution is 0.0845. The Bertz CT molecular complexity index is 746. The van der Waals surface area contributed by atoms with Gasteiger partial charge in [0, 0.05) is 16.7 Å². The van der Waals surface area contributed by atoms with E-state index in [1.54, 1.807) is 0 Å². The van der Waals surface area contributed by atoms with E-state index in [1.165, 1.54) is 18.2 Å². The smallest absolute Gasteiger partial charge is 0.170 e. The molecule has 0 spiro atoms. The molecule has 108 valence electrons. The lowest BCUT2D eigenvalue weighted by atomic mass is 9.96. The Morgan fingerprint density at radius 1 is 1.05 bits per heavy atom. The van der Waals surface area contributed by atoms with Crippen LogP contribution in [0.4, 0.5) is 13.2 Å². The predicted octanol–water partition coefficient (Wildman–Crippen LogP) is 4.46. The molecule has 1 aliphatic heterocycles. The first-order valence-electron chi connectivity index (χ1n) is 6.09. The van der Waals surface area contributed by atoms with Crippen LogP contribution in [0.3, 0.4) is 0 Å². The Kier molecular flexibility index (Phi) is 3.37. The molecule has 2 aromatic carbocycles. The highest BCUT2D eigenvalue weighted by Crippen LogP contribution is 2.37. The Hall–Kier alpha value is -2.01. The van der Waals surface area contributed by atoms with Crippen molar-refractivity contribution in [2.24, 2.45) is 0 Å². The van der Waals surface area contributed by atoms with Crippen LogP contribution < -0.4 is 4.74 Å². The number of ether oxygens (including phenoxy) is 1. The number of carbonyl (C=O) groups is 1. The standard InChI is InChI=1S/C15H8ClF3O2/c16-7-1-2-14-9(3-7)13(20)6-15(21-14)8-4-11(18)12(19)5-10(8)17/h1-5,15H,6H2. The summed E-state index contributed by atoms with van der Waals surface area (Å²) in [6.07, 6.45) is -1.17. The summed E-state index contributed by atoms with van der Waals surface area (Å²) >= 11 is 5.80. The molecule has 0 amide bonds. The minimum Gasteiger partial charge on any atom is -0.484 e. The van der Waals surface area contributed by atoms with E-state index in [0.29, 0.717) is 22.7 Å². The first kappa shape index (κ1) is 13.9. The van der Waals surface area contributed by atoms with Crippen LogP contribution >= 0.6 is 11.6 Å². The van der Waals surface area contributed by atoms with Gasteiger partial charge in [-0.05, 0) is 24.3 Å². The number of hydrogen-bond acceptors (Lipinski definition) is 2. The Labute approximate surface area is 123 Å². The number of rotatable bonds is 1. The second-order valence-corrected chi connectivity index (χ2v) is 5.10. The summed E-state index contributed by atoms with van der Waals surface area (Å²) < 4.78 is 45.5. The summed E-state index contributed by atoms with van der Waals surface area (Å²) in [5, 5.41) is 0.378. The average molecular weight is 313 g/mol. The van der Waals surface area contributed by atoms with Crippen LogP contribution in [0.5, 0.6) is 5.75 Å². The second kappa shape index (κ2) is 5.07. The van der Waals surface area contributed by atoms with Crippen LogP contribution in [-0.4, -0.2) is 5.78 Å². The third-order valence-corrected chi connectivity index (χ3v) is 3.50. The number of Topliss-reactive ketones (excluding diaryl/α,β-unsaturated/α-hetero) is 1. The molecule has 3 rings (SSSR count).